The maximum absolute atomic E-state index is 13.1. The van der Waals surface area contributed by atoms with E-state index in [0.29, 0.717) is 12.1 Å². The second-order valence-corrected chi connectivity index (χ2v) is 8.97. The molecule has 7 heteroatoms. The van der Waals surface area contributed by atoms with Crippen LogP contribution in [0.4, 0.5) is 10.1 Å². The third-order valence-corrected chi connectivity index (χ3v) is 5.70. The van der Waals surface area contributed by atoms with Gasteiger partial charge in [0, 0.05) is 0 Å². The Morgan fingerprint density at radius 1 is 1.11 bits per heavy atom. The fourth-order valence-corrected chi connectivity index (χ4v) is 4.48. The van der Waals surface area contributed by atoms with Crippen LogP contribution in [0.3, 0.4) is 0 Å². The smallest absolute Gasteiger partial charge is 0.244 e. The highest BCUT2D eigenvalue weighted by atomic mass is 32.2. The molecular weight excluding hydrogens is 379 g/mol. The van der Waals surface area contributed by atoms with Crippen LogP contribution in [0.1, 0.15) is 43.0 Å². The van der Waals surface area contributed by atoms with E-state index in [0.717, 1.165) is 22.9 Å². The Balaban J connectivity index is 2.34. The van der Waals surface area contributed by atoms with Crippen molar-refractivity contribution in [3.63, 3.8) is 0 Å². The number of halogens is 1. The summed E-state index contributed by atoms with van der Waals surface area (Å²) in [7, 11) is -3.69. The van der Waals surface area contributed by atoms with Crippen LogP contribution in [0.15, 0.2) is 42.5 Å². The predicted octanol–water partition coefficient (Wildman–Crippen LogP) is 3.86. The summed E-state index contributed by atoms with van der Waals surface area (Å²) in [5, 5.41) is 2.85. The van der Waals surface area contributed by atoms with Gasteiger partial charge in [-0.1, -0.05) is 25.1 Å². The van der Waals surface area contributed by atoms with Crippen LogP contribution in [-0.2, 0) is 14.8 Å². The SMILES string of the molecule is CCC(C(=O)NC(C)c1ccc(F)cc1)N(c1cc(C)cc(C)c1)S(C)(=O)=O. The lowest BCUT2D eigenvalue weighted by molar-refractivity contribution is -0.122. The van der Waals surface area contributed by atoms with Gasteiger partial charge in [0.1, 0.15) is 11.9 Å². The van der Waals surface area contributed by atoms with Crippen molar-refractivity contribution in [3.8, 4) is 0 Å². The molecule has 1 amide bonds. The number of hydrogen-bond acceptors (Lipinski definition) is 3. The second kappa shape index (κ2) is 8.73. The topological polar surface area (TPSA) is 66.5 Å². The molecule has 0 aliphatic carbocycles. The number of benzene rings is 2. The molecule has 0 bridgehead atoms. The molecule has 0 heterocycles. The number of rotatable bonds is 7. The fraction of sp³-hybridized carbons (Fsp3) is 0.381. The zero-order valence-corrected chi connectivity index (χ0v) is 17.7. The van der Waals surface area contributed by atoms with Crippen LogP contribution in [-0.4, -0.2) is 26.6 Å². The van der Waals surface area contributed by atoms with Crippen molar-refractivity contribution in [1.29, 1.82) is 0 Å². The van der Waals surface area contributed by atoms with Crippen molar-refractivity contribution in [2.45, 2.75) is 46.2 Å². The van der Waals surface area contributed by atoms with Crippen LogP contribution in [0.5, 0.6) is 0 Å². The van der Waals surface area contributed by atoms with E-state index < -0.39 is 22.0 Å². The molecule has 0 radical (unpaired) electrons. The van der Waals surface area contributed by atoms with Gasteiger partial charge in [0.25, 0.3) is 0 Å². The lowest BCUT2D eigenvalue weighted by Gasteiger charge is -2.31. The normalized spacial score (nSPS) is 13.6. The van der Waals surface area contributed by atoms with E-state index in [-0.39, 0.29) is 11.9 Å². The standard InChI is InChI=1S/C21H27FN2O3S/c1-6-20(21(25)23-16(4)17-7-9-18(22)10-8-17)24(28(5,26)27)19-12-14(2)11-15(3)13-19/h7-13,16,20H,6H2,1-5H3,(H,23,25). The molecule has 28 heavy (non-hydrogen) atoms. The van der Waals surface area contributed by atoms with Crippen LogP contribution in [0.2, 0.25) is 0 Å². The van der Waals surface area contributed by atoms with Crippen molar-refractivity contribution < 1.29 is 17.6 Å². The summed E-state index contributed by atoms with van der Waals surface area (Å²) in [6, 6.07) is 10.0. The van der Waals surface area contributed by atoms with Gasteiger partial charge in [-0.3, -0.25) is 9.10 Å². The summed E-state index contributed by atoms with van der Waals surface area (Å²) in [5.74, 6) is -0.754. The number of anilines is 1. The lowest BCUT2D eigenvalue weighted by atomic mass is 10.1. The molecule has 2 rings (SSSR count). The van der Waals surface area contributed by atoms with E-state index in [2.05, 4.69) is 5.32 Å². The van der Waals surface area contributed by atoms with Crippen molar-refractivity contribution in [2.24, 2.45) is 0 Å². The summed E-state index contributed by atoms with van der Waals surface area (Å²) < 4.78 is 39.4. The van der Waals surface area contributed by atoms with E-state index in [4.69, 9.17) is 0 Å². The number of nitrogens with zero attached hydrogens (tertiary/aromatic N) is 1. The molecule has 0 aliphatic rings. The van der Waals surface area contributed by atoms with Crippen molar-refractivity contribution in [3.05, 3.63) is 65.0 Å². The number of sulfonamides is 1. The summed E-state index contributed by atoms with van der Waals surface area (Å²) in [5.41, 5.74) is 3.04. The molecule has 0 saturated heterocycles. The van der Waals surface area contributed by atoms with Gasteiger partial charge in [0.15, 0.2) is 0 Å². The molecule has 2 unspecified atom stereocenters. The van der Waals surface area contributed by atoms with Gasteiger partial charge in [-0.15, -0.1) is 0 Å². The number of hydrogen-bond donors (Lipinski definition) is 1. The third kappa shape index (κ3) is 5.32. The number of nitrogens with one attached hydrogen (secondary N) is 1. The number of amides is 1. The van der Waals surface area contributed by atoms with Crippen LogP contribution in [0.25, 0.3) is 0 Å². The highest BCUT2D eigenvalue weighted by molar-refractivity contribution is 7.92. The maximum atomic E-state index is 13.1. The van der Waals surface area contributed by atoms with Crippen molar-refractivity contribution in [1.82, 2.24) is 5.32 Å². The van der Waals surface area contributed by atoms with E-state index in [9.17, 15) is 17.6 Å². The number of carbonyl (C=O) groups is 1. The van der Waals surface area contributed by atoms with Gasteiger partial charge < -0.3 is 5.32 Å². The van der Waals surface area contributed by atoms with E-state index in [1.165, 1.54) is 16.4 Å². The first-order valence-electron chi connectivity index (χ1n) is 9.16. The molecule has 1 N–H and O–H groups in total. The minimum Gasteiger partial charge on any atom is -0.348 e. The highest BCUT2D eigenvalue weighted by Gasteiger charge is 2.32. The molecule has 2 atom stereocenters. The largest absolute Gasteiger partial charge is 0.348 e. The van der Waals surface area contributed by atoms with Gasteiger partial charge in [-0.05, 0) is 68.1 Å². The zero-order valence-electron chi connectivity index (χ0n) is 16.9. The molecule has 0 saturated carbocycles. The monoisotopic (exact) mass is 406 g/mol. The van der Waals surface area contributed by atoms with Gasteiger partial charge in [-0.25, -0.2) is 12.8 Å². The average Bonchev–Trinajstić information content (AvgIpc) is 2.57. The van der Waals surface area contributed by atoms with Crippen LogP contribution in [0, 0.1) is 19.7 Å². The van der Waals surface area contributed by atoms with Crippen molar-refractivity contribution >= 4 is 21.6 Å². The maximum Gasteiger partial charge on any atom is 0.244 e. The van der Waals surface area contributed by atoms with E-state index in [1.807, 2.05) is 19.9 Å². The highest BCUT2D eigenvalue weighted by Crippen LogP contribution is 2.25. The average molecular weight is 407 g/mol. The first-order valence-corrected chi connectivity index (χ1v) is 11.0. The second-order valence-electron chi connectivity index (χ2n) is 7.11. The first-order chi connectivity index (χ1) is 13.0. The van der Waals surface area contributed by atoms with E-state index in [1.54, 1.807) is 38.1 Å². The third-order valence-electron chi connectivity index (χ3n) is 4.52. The van der Waals surface area contributed by atoms with Gasteiger partial charge in [0.2, 0.25) is 15.9 Å². The quantitative estimate of drug-likeness (QED) is 0.759. The Labute approximate surface area is 166 Å². The van der Waals surface area contributed by atoms with Crippen LogP contribution >= 0.6 is 0 Å². The summed E-state index contributed by atoms with van der Waals surface area (Å²) >= 11 is 0. The summed E-state index contributed by atoms with van der Waals surface area (Å²) in [6.07, 6.45) is 1.41. The van der Waals surface area contributed by atoms with Gasteiger partial charge >= 0.3 is 0 Å². The van der Waals surface area contributed by atoms with Crippen molar-refractivity contribution in [2.75, 3.05) is 10.6 Å². The molecule has 2 aromatic rings. The Hall–Kier alpha value is -2.41. The molecule has 0 aliphatic heterocycles. The Morgan fingerprint density at radius 3 is 2.11 bits per heavy atom. The Morgan fingerprint density at radius 2 is 1.64 bits per heavy atom. The molecule has 0 spiro atoms. The van der Waals surface area contributed by atoms with Crippen LogP contribution < -0.4 is 9.62 Å². The molecular formula is C21H27FN2O3S. The molecule has 152 valence electrons. The van der Waals surface area contributed by atoms with Gasteiger partial charge in [-0.2, -0.15) is 0 Å². The molecule has 2 aromatic carbocycles. The number of aryl methyl sites for hydroxylation is 2. The van der Waals surface area contributed by atoms with Gasteiger partial charge in [0.05, 0.1) is 18.0 Å². The predicted molar refractivity (Wildman–Crippen MR) is 110 cm³/mol. The molecule has 5 nitrogen and oxygen atoms in total. The minimum atomic E-state index is -3.69. The number of carbonyl (C=O) groups excluding carboxylic acids is 1. The Bertz CT molecular complexity index is 922. The van der Waals surface area contributed by atoms with E-state index >= 15 is 0 Å². The lowest BCUT2D eigenvalue weighted by Crippen LogP contribution is -2.49. The first kappa shape index (κ1) is 21.9. The summed E-state index contributed by atoms with van der Waals surface area (Å²) in [4.78, 5) is 13.0. The fourth-order valence-electron chi connectivity index (χ4n) is 3.28. The molecule has 0 aromatic heterocycles. The molecule has 0 fully saturated rings. The zero-order chi connectivity index (χ0) is 21.1. The Kier molecular flexibility index (Phi) is 6.82. The summed E-state index contributed by atoms with van der Waals surface area (Å²) in [6.45, 7) is 7.32. The minimum absolute atomic E-state index is 0.308.